The van der Waals surface area contributed by atoms with Gasteiger partial charge in [-0.05, 0) is 37.3 Å². The number of aromatic nitrogens is 1. The summed E-state index contributed by atoms with van der Waals surface area (Å²) < 4.78 is 0. The molecule has 4 heteroatoms. The molecule has 1 amide bonds. The largest absolute Gasteiger partial charge is 0.340 e. The lowest BCUT2D eigenvalue weighted by atomic mass is 9.85. The maximum absolute atomic E-state index is 12.2. The quantitative estimate of drug-likeness (QED) is 0.804. The smallest absolute Gasteiger partial charge is 0.272 e. The van der Waals surface area contributed by atoms with Gasteiger partial charge in [-0.2, -0.15) is 0 Å². The minimum Gasteiger partial charge on any atom is -0.340 e. The van der Waals surface area contributed by atoms with E-state index in [0.29, 0.717) is 16.4 Å². The van der Waals surface area contributed by atoms with Crippen molar-refractivity contribution in [2.24, 2.45) is 5.92 Å². The van der Waals surface area contributed by atoms with Gasteiger partial charge in [-0.1, -0.05) is 22.0 Å². The van der Waals surface area contributed by atoms with Crippen LogP contribution in [-0.2, 0) is 0 Å². The number of hydrogen-bond donors (Lipinski definition) is 0. The van der Waals surface area contributed by atoms with Crippen molar-refractivity contribution in [3.63, 3.8) is 0 Å². The standard InChI is InChI=1S/C13H17BrN2O/c1-9-4-3-5-15-12(9)13(17)16(2)8-10-6-11(14)7-10/h3-5,10-11H,6-8H2,1-2H3. The highest BCUT2D eigenvalue weighted by atomic mass is 79.9. The minimum atomic E-state index is 0.0288. The maximum atomic E-state index is 12.2. The lowest BCUT2D eigenvalue weighted by Gasteiger charge is -2.34. The first-order valence-corrected chi connectivity index (χ1v) is 6.80. The number of hydrogen-bond acceptors (Lipinski definition) is 2. The molecule has 0 N–H and O–H groups in total. The average molecular weight is 297 g/mol. The number of rotatable bonds is 3. The Labute approximate surface area is 110 Å². The summed E-state index contributed by atoms with van der Waals surface area (Å²) in [7, 11) is 1.86. The Balaban J connectivity index is 1.97. The normalized spacial score (nSPS) is 23.0. The molecule has 1 saturated carbocycles. The molecule has 0 aromatic carbocycles. The molecule has 1 aliphatic carbocycles. The number of nitrogens with zero attached hydrogens (tertiary/aromatic N) is 2. The van der Waals surface area contributed by atoms with E-state index in [-0.39, 0.29) is 5.91 Å². The van der Waals surface area contributed by atoms with Gasteiger partial charge in [-0.15, -0.1) is 0 Å². The number of pyridine rings is 1. The van der Waals surface area contributed by atoms with Crippen molar-refractivity contribution in [3.8, 4) is 0 Å². The number of carbonyl (C=O) groups is 1. The zero-order valence-corrected chi connectivity index (χ0v) is 11.8. The highest BCUT2D eigenvalue weighted by Gasteiger charge is 2.29. The van der Waals surface area contributed by atoms with E-state index in [1.165, 1.54) is 12.8 Å². The van der Waals surface area contributed by atoms with Crippen LogP contribution < -0.4 is 0 Å². The Morgan fingerprint density at radius 1 is 1.59 bits per heavy atom. The predicted octanol–water partition coefficient (Wildman–Crippen LogP) is 2.64. The number of carbonyl (C=O) groups excluding carboxylic acids is 1. The van der Waals surface area contributed by atoms with Crippen LogP contribution in [0.4, 0.5) is 0 Å². The van der Waals surface area contributed by atoms with Crippen molar-refractivity contribution in [1.82, 2.24) is 9.88 Å². The summed E-state index contributed by atoms with van der Waals surface area (Å²) in [6, 6.07) is 3.78. The molecule has 0 radical (unpaired) electrons. The third kappa shape index (κ3) is 2.86. The van der Waals surface area contributed by atoms with Crippen LogP contribution in [0, 0.1) is 12.8 Å². The van der Waals surface area contributed by atoms with Gasteiger partial charge in [0.05, 0.1) is 0 Å². The van der Waals surface area contributed by atoms with Gasteiger partial charge in [-0.3, -0.25) is 9.78 Å². The van der Waals surface area contributed by atoms with E-state index in [1.54, 1.807) is 11.1 Å². The Bertz CT molecular complexity index is 416. The fourth-order valence-electron chi connectivity index (χ4n) is 2.16. The molecule has 2 rings (SSSR count). The highest BCUT2D eigenvalue weighted by molar-refractivity contribution is 9.09. The van der Waals surface area contributed by atoms with E-state index in [9.17, 15) is 4.79 Å². The molecule has 17 heavy (non-hydrogen) atoms. The molecule has 92 valence electrons. The zero-order chi connectivity index (χ0) is 12.4. The summed E-state index contributed by atoms with van der Waals surface area (Å²) >= 11 is 3.57. The third-order valence-electron chi connectivity index (χ3n) is 3.27. The summed E-state index contributed by atoms with van der Waals surface area (Å²) in [6.45, 7) is 2.75. The van der Waals surface area contributed by atoms with E-state index >= 15 is 0 Å². The summed E-state index contributed by atoms with van der Waals surface area (Å²) in [5.41, 5.74) is 1.51. The van der Waals surface area contributed by atoms with Gasteiger partial charge in [0.1, 0.15) is 5.69 Å². The molecule has 0 spiro atoms. The fraction of sp³-hybridized carbons (Fsp3) is 0.538. The topological polar surface area (TPSA) is 33.2 Å². The van der Waals surface area contributed by atoms with Crippen molar-refractivity contribution >= 4 is 21.8 Å². The van der Waals surface area contributed by atoms with Crippen LogP contribution in [0.5, 0.6) is 0 Å². The Kier molecular flexibility index (Phi) is 3.82. The van der Waals surface area contributed by atoms with Gasteiger partial charge in [0.25, 0.3) is 5.91 Å². The Morgan fingerprint density at radius 3 is 2.88 bits per heavy atom. The van der Waals surface area contributed by atoms with E-state index in [0.717, 1.165) is 12.1 Å². The molecule has 0 atom stereocenters. The van der Waals surface area contributed by atoms with Crippen molar-refractivity contribution in [3.05, 3.63) is 29.6 Å². The monoisotopic (exact) mass is 296 g/mol. The van der Waals surface area contributed by atoms with Gasteiger partial charge in [0, 0.05) is 24.6 Å². The van der Waals surface area contributed by atoms with Gasteiger partial charge in [-0.25, -0.2) is 0 Å². The summed E-state index contributed by atoms with van der Waals surface area (Å²) in [6.07, 6.45) is 4.00. The molecule has 0 aliphatic heterocycles. The van der Waals surface area contributed by atoms with Crippen molar-refractivity contribution in [2.75, 3.05) is 13.6 Å². The van der Waals surface area contributed by atoms with Crippen LogP contribution in [0.25, 0.3) is 0 Å². The minimum absolute atomic E-state index is 0.0288. The van der Waals surface area contributed by atoms with Crippen molar-refractivity contribution in [1.29, 1.82) is 0 Å². The van der Waals surface area contributed by atoms with Crippen molar-refractivity contribution < 1.29 is 4.79 Å². The lowest BCUT2D eigenvalue weighted by Crippen LogP contribution is -2.38. The van der Waals surface area contributed by atoms with E-state index < -0.39 is 0 Å². The second-order valence-electron chi connectivity index (χ2n) is 4.79. The van der Waals surface area contributed by atoms with Crippen LogP contribution in [0.15, 0.2) is 18.3 Å². The first kappa shape index (κ1) is 12.6. The molecule has 3 nitrogen and oxygen atoms in total. The lowest BCUT2D eigenvalue weighted by molar-refractivity contribution is 0.0742. The van der Waals surface area contributed by atoms with Crippen LogP contribution in [0.1, 0.15) is 28.9 Å². The number of alkyl halides is 1. The molecule has 0 bridgehead atoms. The first-order valence-electron chi connectivity index (χ1n) is 5.89. The van der Waals surface area contributed by atoms with Crippen LogP contribution >= 0.6 is 15.9 Å². The number of aryl methyl sites for hydroxylation is 1. The molecule has 1 aromatic rings. The predicted molar refractivity (Wildman–Crippen MR) is 71.4 cm³/mol. The summed E-state index contributed by atoms with van der Waals surface area (Å²) in [5.74, 6) is 0.665. The Hall–Kier alpha value is -0.900. The molecule has 0 unspecified atom stereocenters. The molecule has 0 saturated heterocycles. The van der Waals surface area contributed by atoms with Gasteiger partial charge in [0.15, 0.2) is 0 Å². The van der Waals surface area contributed by atoms with Gasteiger partial charge in [0.2, 0.25) is 0 Å². The maximum Gasteiger partial charge on any atom is 0.272 e. The molecule has 1 aliphatic rings. The summed E-state index contributed by atoms with van der Waals surface area (Å²) in [4.78, 5) is 18.8. The average Bonchev–Trinajstić information content (AvgIpc) is 2.26. The molecular formula is C13H17BrN2O. The molecular weight excluding hydrogens is 280 g/mol. The fourth-order valence-corrected chi connectivity index (χ4v) is 3.22. The molecule has 1 fully saturated rings. The van der Waals surface area contributed by atoms with E-state index in [4.69, 9.17) is 0 Å². The van der Waals surface area contributed by atoms with Crippen LogP contribution in [-0.4, -0.2) is 34.2 Å². The van der Waals surface area contributed by atoms with Gasteiger partial charge >= 0.3 is 0 Å². The summed E-state index contributed by atoms with van der Waals surface area (Å²) in [5, 5.41) is 0. The second-order valence-corrected chi connectivity index (χ2v) is 6.08. The zero-order valence-electron chi connectivity index (χ0n) is 10.2. The van der Waals surface area contributed by atoms with E-state index in [1.807, 2.05) is 26.1 Å². The van der Waals surface area contributed by atoms with Crippen LogP contribution in [0.2, 0.25) is 0 Å². The third-order valence-corrected chi connectivity index (χ3v) is 4.02. The van der Waals surface area contributed by atoms with Crippen LogP contribution in [0.3, 0.4) is 0 Å². The van der Waals surface area contributed by atoms with Gasteiger partial charge < -0.3 is 4.90 Å². The number of amides is 1. The van der Waals surface area contributed by atoms with E-state index in [2.05, 4.69) is 20.9 Å². The molecule has 1 aromatic heterocycles. The van der Waals surface area contributed by atoms with Crippen molar-refractivity contribution in [2.45, 2.75) is 24.6 Å². The highest BCUT2D eigenvalue weighted by Crippen LogP contribution is 2.33. The number of halogens is 1. The Morgan fingerprint density at radius 2 is 2.29 bits per heavy atom. The second kappa shape index (κ2) is 5.17. The SMILES string of the molecule is Cc1cccnc1C(=O)N(C)CC1CC(Br)C1. The molecule has 1 heterocycles. The first-order chi connectivity index (χ1) is 8.08.